The van der Waals surface area contributed by atoms with Crippen molar-refractivity contribution in [1.29, 1.82) is 0 Å². The number of hydrogen-bond acceptors (Lipinski definition) is 4. The van der Waals surface area contributed by atoms with Crippen molar-refractivity contribution in [2.24, 2.45) is 11.3 Å². The Balaban J connectivity index is 3.13. The Morgan fingerprint density at radius 3 is 2.56 bits per heavy atom. The quantitative estimate of drug-likeness (QED) is 0.618. The van der Waals surface area contributed by atoms with Gasteiger partial charge in [-0.25, -0.2) is 4.98 Å². The van der Waals surface area contributed by atoms with Crippen LogP contribution < -0.4 is 0 Å². The number of nitrogens with zero attached hydrogens (tertiary/aromatic N) is 1. The Hall–Kier alpha value is -1.65. The van der Waals surface area contributed by atoms with Crippen molar-refractivity contribution in [2.75, 3.05) is 6.61 Å². The van der Waals surface area contributed by atoms with E-state index in [1.54, 1.807) is 13.1 Å². The summed E-state index contributed by atoms with van der Waals surface area (Å²) in [5, 5.41) is 0. The molecule has 0 fully saturated rings. The van der Waals surface area contributed by atoms with E-state index in [2.05, 4.69) is 9.97 Å². The van der Waals surface area contributed by atoms with Crippen molar-refractivity contribution < 1.29 is 14.3 Å². The molecule has 0 saturated carbocycles. The van der Waals surface area contributed by atoms with Crippen LogP contribution in [0.4, 0.5) is 0 Å². The number of ether oxygens (including phenoxy) is 1. The summed E-state index contributed by atoms with van der Waals surface area (Å²) in [6, 6.07) is 0. The van der Waals surface area contributed by atoms with E-state index in [1.807, 2.05) is 13.8 Å². The smallest absolute Gasteiger partial charge is 0.320 e. The van der Waals surface area contributed by atoms with E-state index in [-0.39, 0.29) is 18.3 Å². The second-order valence-electron chi connectivity index (χ2n) is 4.66. The molecule has 0 bridgehead atoms. The number of hydrogen-bond donors (Lipinski definition) is 1. The van der Waals surface area contributed by atoms with Crippen LogP contribution in [0.1, 0.15) is 33.4 Å². The zero-order valence-electron chi connectivity index (χ0n) is 11.3. The monoisotopic (exact) mass is 252 g/mol. The second-order valence-corrected chi connectivity index (χ2v) is 4.66. The first-order valence-corrected chi connectivity index (χ1v) is 6.10. The van der Waals surface area contributed by atoms with Gasteiger partial charge in [0.2, 0.25) is 0 Å². The van der Waals surface area contributed by atoms with Gasteiger partial charge in [-0.05, 0) is 19.8 Å². The fourth-order valence-electron chi connectivity index (χ4n) is 2.13. The minimum Gasteiger partial charge on any atom is -0.465 e. The van der Waals surface area contributed by atoms with Gasteiger partial charge >= 0.3 is 5.97 Å². The van der Waals surface area contributed by atoms with E-state index < -0.39 is 11.4 Å². The number of aromatic amines is 1. The highest BCUT2D eigenvalue weighted by Crippen LogP contribution is 2.34. The van der Waals surface area contributed by atoms with Gasteiger partial charge in [0.25, 0.3) is 0 Å². The largest absolute Gasteiger partial charge is 0.465 e. The molecule has 1 aromatic heterocycles. The molecule has 100 valence electrons. The van der Waals surface area contributed by atoms with Gasteiger partial charge in [0, 0.05) is 18.3 Å². The number of esters is 1. The normalized spacial score (nSPS) is 14.3. The number of H-pyrrole nitrogens is 1. The Morgan fingerprint density at radius 2 is 2.17 bits per heavy atom. The molecule has 5 nitrogen and oxygen atoms in total. The van der Waals surface area contributed by atoms with Crippen LogP contribution >= 0.6 is 0 Å². The van der Waals surface area contributed by atoms with Gasteiger partial charge in [-0.1, -0.05) is 13.8 Å². The van der Waals surface area contributed by atoms with Crippen LogP contribution in [0.2, 0.25) is 0 Å². The van der Waals surface area contributed by atoms with Crippen molar-refractivity contribution >= 4 is 11.8 Å². The van der Waals surface area contributed by atoms with Crippen LogP contribution in [0.5, 0.6) is 0 Å². The van der Waals surface area contributed by atoms with Crippen LogP contribution in [0.25, 0.3) is 0 Å². The number of Topliss-reactive ketones (excluding diaryl/α,β-unsaturated/α-hetero) is 1. The fourth-order valence-corrected chi connectivity index (χ4v) is 2.13. The van der Waals surface area contributed by atoms with Gasteiger partial charge in [0.05, 0.1) is 12.9 Å². The van der Waals surface area contributed by atoms with E-state index in [0.717, 1.165) is 5.69 Å². The molecule has 0 aliphatic rings. The molecule has 0 amide bonds. The highest BCUT2D eigenvalue weighted by Gasteiger charge is 2.47. The number of aromatic nitrogens is 2. The molecule has 18 heavy (non-hydrogen) atoms. The molecule has 5 heteroatoms. The number of rotatable bonds is 6. The summed E-state index contributed by atoms with van der Waals surface area (Å²) in [5.74, 6) is -0.773. The predicted molar refractivity (Wildman–Crippen MR) is 66.9 cm³/mol. The molecule has 0 radical (unpaired) electrons. The Kier molecular flexibility index (Phi) is 4.64. The number of nitrogens with one attached hydrogen (secondary N) is 1. The predicted octanol–water partition coefficient (Wildman–Crippen LogP) is 1.75. The fraction of sp³-hybridized carbons (Fsp3) is 0.615. The summed E-state index contributed by atoms with van der Waals surface area (Å²) in [6.07, 6.45) is 3.45. The first-order valence-electron chi connectivity index (χ1n) is 6.10. The molecule has 1 atom stereocenters. The summed E-state index contributed by atoms with van der Waals surface area (Å²) >= 11 is 0. The maximum absolute atomic E-state index is 12.2. The Morgan fingerprint density at radius 1 is 1.50 bits per heavy atom. The molecular weight excluding hydrogens is 232 g/mol. The van der Waals surface area contributed by atoms with Crippen molar-refractivity contribution in [1.82, 2.24) is 9.97 Å². The maximum Gasteiger partial charge on any atom is 0.320 e. The minimum absolute atomic E-state index is 0.141. The number of imidazole rings is 1. The highest BCUT2D eigenvalue weighted by molar-refractivity contribution is 6.03. The molecule has 0 spiro atoms. The molecule has 1 aromatic rings. The van der Waals surface area contributed by atoms with E-state index in [0.29, 0.717) is 6.42 Å². The number of carbonyl (C=O) groups excluding carboxylic acids is 2. The molecule has 0 saturated heterocycles. The van der Waals surface area contributed by atoms with Crippen molar-refractivity contribution in [3.63, 3.8) is 0 Å². The first-order chi connectivity index (χ1) is 8.45. The molecule has 0 aliphatic heterocycles. The van der Waals surface area contributed by atoms with E-state index in [1.165, 1.54) is 13.3 Å². The lowest BCUT2D eigenvalue weighted by Gasteiger charge is -2.32. The van der Waals surface area contributed by atoms with Gasteiger partial charge in [-0.3, -0.25) is 9.59 Å². The summed E-state index contributed by atoms with van der Waals surface area (Å²) < 4.78 is 5.08. The van der Waals surface area contributed by atoms with E-state index in [9.17, 15) is 9.59 Å². The molecule has 0 unspecified atom stereocenters. The van der Waals surface area contributed by atoms with Gasteiger partial charge in [0.1, 0.15) is 11.2 Å². The topological polar surface area (TPSA) is 72.0 Å². The lowest BCUT2D eigenvalue weighted by atomic mass is 9.71. The molecule has 1 rings (SSSR count). The summed E-state index contributed by atoms with van der Waals surface area (Å²) in [5.41, 5.74) is -0.380. The first kappa shape index (κ1) is 14.4. The highest BCUT2D eigenvalue weighted by atomic mass is 16.5. The van der Waals surface area contributed by atoms with Crippen LogP contribution in [0, 0.1) is 11.3 Å². The summed E-state index contributed by atoms with van der Waals surface area (Å²) in [4.78, 5) is 31.1. The third-order valence-electron chi connectivity index (χ3n) is 3.28. The third-order valence-corrected chi connectivity index (χ3v) is 3.28. The van der Waals surface area contributed by atoms with Crippen LogP contribution in [0.3, 0.4) is 0 Å². The van der Waals surface area contributed by atoms with E-state index >= 15 is 0 Å². The third kappa shape index (κ3) is 2.60. The number of carbonyl (C=O) groups is 2. The SMILES string of the molecule is CCOC(=O)[C@@](Cc1cnc[nH]1)(C(C)=O)C(C)C. The molecular formula is C13H20N2O3. The second kappa shape index (κ2) is 5.80. The lowest BCUT2D eigenvalue weighted by molar-refractivity contribution is -0.163. The van der Waals surface area contributed by atoms with Gasteiger partial charge in [-0.2, -0.15) is 0 Å². The maximum atomic E-state index is 12.2. The number of ketones is 1. The minimum atomic E-state index is -1.14. The van der Waals surface area contributed by atoms with Crippen LogP contribution in [0.15, 0.2) is 12.5 Å². The Bertz CT molecular complexity index is 412. The van der Waals surface area contributed by atoms with Gasteiger partial charge < -0.3 is 9.72 Å². The van der Waals surface area contributed by atoms with Crippen LogP contribution in [-0.2, 0) is 20.7 Å². The zero-order chi connectivity index (χ0) is 13.8. The standard InChI is InChI=1S/C13H20N2O3/c1-5-18-12(17)13(9(2)3,10(4)16)6-11-7-14-8-15-11/h7-9H,5-6H2,1-4H3,(H,14,15)/t13-/m1/s1. The average Bonchev–Trinajstić information content (AvgIpc) is 2.77. The Labute approximate surface area is 107 Å². The van der Waals surface area contributed by atoms with Crippen LogP contribution in [-0.4, -0.2) is 28.3 Å². The van der Waals surface area contributed by atoms with Gasteiger partial charge in [0.15, 0.2) is 0 Å². The molecule has 1 N–H and O–H groups in total. The van der Waals surface area contributed by atoms with E-state index in [4.69, 9.17) is 4.74 Å². The van der Waals surface area contributed by atoms with Crippen molar-refractivity contribution in [3.8, 4) is 0 Å². The molecule has 0 aromatic carbocycles. The molecule has 0 aliphatic carbocycles. The summed E-state index contributed by atoms with van der Waals surface area (Å²) in [7, 11) is 0. The molecule has 1 heterocycles. The zero-order valence-corrected chi connectivity index (χ0v) is 11.3. The van der Waals surface area contributed by atoms with Crippen molar-refractivity contribution in [2.45, 2.75) is 34.1 Å². The van der Waals surface area contributed by atoms with Gasteiger partial charge in [-0.15, -0.1) is 0 Å². The summed E-state index contributed by atoms with van der Waals surface area (Å²) in [6.45, 7) is 7.15. The van der Waals surface area contributed by atoms with Crippen molar-refractivity contribution in [3.05, 3.63) is 18.2 Å². The lowest BCUT2D eigenvalue weighted by Crippen LogP contribution is -2.46. The average molecular weight is 252 g/mol.